The summed E-state index contributed by atoms with van der Waals surface area (Å²) in [7, 11) is -3.41. The Balaban J connectivity index is 1.47. The van der Waals surface area contributed by atoms with Crippen LogP contribution in [0.4, 0.5) is 0 Å². The van der Waals surface area contributed by atoms with Gasteiger partial charge >= 0.3 is 0 Å². The zero-order valence-electron chi connectivity index (χ0n) is 15.8. The number of sulfonamides is 1. The first-order valence-corrected chi connectivity index (χ1v) is 11.1. The predicted octanol–water partition coefficient (Wildman–Crippen LogP) is 3.42. The van der Waals surface area contributed by atoms with Crippen LogP contribution in [-0.4, -0.2) is 43.4 Å². The first-order chi connectivity index (χ1) is 13.5. The summed E-state index contributed by atoms with van der Waals surface area (Å²) < 4.78 is 32.7. The summed E-state index contributed by atoms with van der Waals surface area (Å²) >= 11 is 0. The zero-order chi connectivity index (χ0) is 19.6. The lowest BCUT2D eigenvalue weighted by Crippen LogP contribution is -2.27. The van der Waals surface area contributed by atoms with Crippen LogP contribution in [0.1, 0.15) is 31.2 Å². The lowest BCUT2D eigenvalue weighted by molar-refractivity contribution is 0.474. The second kappa shape index (κ2) is 8.03. The number of nitrogens with one attached hydrogen (secondary N) is 1. The number of hydrogen-bond donors (Lipinski definition) is 1. The lowest BCUT2D eigenvalue weighted by atomic mass is 10.0. The van der Waals surface area contributed by atoms with Gasteiger partial charge in [-0.2, -0.15) is 4.31 Å². The summed E-state index contributed by atoms with van der Waals surface area (Å²) in [5, 5.41) is 3.44. The Labute approximate surface area is 166 Å². The fourth-order valence-electron chi connectivity index (χ4n) is 3.73. The molecule has 28 heavy (non-hydrogen) atoms. The fourth-order valence-corrected chi connectivity index (χ4v) is 5.24. The normalized spacial score (nSPS) is 20.4. The molecular weight excluding hydrogens is 374 g/mol. The molecule has 4 rings (SSSR count). The van der Waals surface area contributed by atoms with E-state index in [9.17, 15) is 8.42 Å². The third kappa shape index (κ3) is 3.97. The topological polar surface area (TPSA) is 71.5 Å². The molecule has 0 bridgehead atoms. The molecule has 0 aliphatic carbocycles. The van der Waals surface area contributed by atoms with Crippen LogP contribution >= 0.6 is 0 Å². The van der Waals surface area contributed by atoms with Gasteiger partial charge in [-0.05, 0) is 68.1 Å². The van der Waals surface area contributed by atoms with Gasteiger partial charge in [0.2, 0.25) is 10.0 Å². The van der Waals surface area contributed by atoms with Gasteiger partial charge in [-0.3, -0.25) is 4.98 Å². The summed E-state index contributed by atoms with van der Waals surface area (Å²) in [6.07, 6.45) is 7.52. The van der Waals surface area contributed by atoms with Gasteiger partial charge < -0.3 is 10.1 Å². The molecule has 7 heteroatoms. The van der Waals surface area contributed by atoms with Crippen LogP contribution in [0.3, 0.4) is 0 Å². The number of rotatable bonds is 6. The standard InChI is InChI=1S/C21H25N3O3S/c1-16(21-5-4-10-23-21)17-13-19(15-22-14-17)27-18-6-8-20(9-7-18)28(25,26)24-11-2-3-12-24/h6-9,13-15,21,23H,1-5,10-12H2. The smallest absolute Gasteiger partial charge is 0.243 e. The summed E-state index contributed by atoms with van der Waals surface area (Å²) in [5.74, 6) is 1.18. The molecule has 0 spiro atoms. The summed E-state index contributed by atoms with van der Waals surface area (Å²) in [6.45, 7) is 6.41. The van der Waals surface area contributed by atoms with Crippen molar-refractivity contribution in [1.29, 1.82) is 0 Å². The molecule has 2 aliphatic rings. The van der Waals surface area contributed by atoms with Crippen LogP contribution in [0.25, 0.3) is 5.57 Å². The van der Waals surface area contributed by atoms with Crippen molar-refractivity contribution in [2.45, 2.75) is 36.6 Å². The molecule has 3 heterocycles. The van der Waals surface area contributed by atoms with E-state index in [-0.39, 0.29) is 6.04 Å². The van der Waals surface area contributed by atoms with Crippen molar-refractivity contribution in [3.63, 3.8) is 0 Å². The molecule has 1 atom stereocenters. The second-order valence-electron chi connectivity index (χ2n) is 7.27. The predicted molar refractivity (Wildman–Crippen MR) is 109 cm³/mol. The van der Waals surface area contributed by atoms with Crippen LogP contribution in [-0.2, 0) is 10.0 Å². The summed E-state index contributed by atoms with van der Waals surface area (Å²) in [5.41, 5.74) is 1.97. The molecule has 0 radical (unpaired) electrons. The Morgan fingerprint density at radius 3 is 2.54 bits per heavy atom. The molecular formula is C21H25N3O3S. The average Bonchev–Trinajstić information content (AvgIpc) is 3.42. The maximum absolute atomic E-state index is 12.6. The number of benzene rings is 1. The van der Waals surface area contributed by atoms with E-state index in [4.69, 9.17) is 4.74 Å². The largest absolute Gasteiger partial charge is 0.456 e. The van der Waals surface area contributed by atoms with Crippen molar-refractivity contribution in [3.8, 4) is 11.5 Å². The molecule has 2 aromatic rings. The first kappa shape index (κ1) is 19.1. The van der Waals surface area contributed by atoms with Crippen molar-refractivity contribution in [1.82, 2.24) is 14.6 Å². The highest BCUT2D eigenvalue weighted by atomic mass is 32.2. The van der Waals surface area contributed by atoms with Crippen LogP contribution < -0.4 is 10.1 Å². The Kier molecular flexibility index (Phi) is 5.48. The van der Waals surface area contributed by atoms with E-state index < -0.39 is 10.0 Å². The van der Waals surface area contributed by atoms with Gasteiger partial charge in [0, 0.05) is 30.9 Å². The molecule has 1 N–H and O–H groups in total. The van der Waals surface area contributed by atoms with E-state index in [1.165, 1.54) is 0 Å². The van der Waals surface area contributed by atoms with Crippen molar-refractivity contribution in [3.05, 3.63) is 54.9 Å². The van der Waals surface area contributed by atoms with E-state index >= 15 is 0 Å². The van der Waals surface area contributed by atoms with Crippen molar-refractivity contribution < 1.29 is 13.2 Å². The Hall–Kier alpha value is -2.22. The van der Waals surface area contributed by atoms with E-state index in [2.05, 4.69) is 16.9 Å². The Bertz CT molecular complexity index is 945. The van der Waals surface area contributed by atoms with Crippen LogP contribution in [0.2, 0.25) is 0 Å². The SMILES string of the molecule is C=C(c1cncc(Oc2ccc(S(=O)(=O)N3CCCC3)cc2)c1)C1CCCN1. The molecule has 148 valence electrons. The maximum Gasteiger partial charge on any atom is 0.243 e. The summed E-state index contributed by atoms with van der Waals surface area (Å²) in [4.78, 5) is 4.57. The van der Waals surface area contributed by atoms with Crippen molar-refractivity contribution in [2.75, 3.05) is 19.6 Å². The van der Waals surface area contributed by atoms with E-state index in [0.717, 1.165) is 43.4 Å². The highest BCUT2D eigenvalue weighted by molar-refractivity contribution is 7.89. The van der Waals surface area contributed by atoms with Gasteiger partial charge in [-0.15, -0.1) is 0 Å². The number of nitrogens with zero attached hydrogens (tertiary/aromatic N) is 2. The Morgan fingerprint density at radius 1 is 1.11 bits per heavy atom. The number of pyridine rings is 1. The van der Waals surface area contributed by atoms with E-state index in [0.29, 0.717) is 29.5 Å². The minimum absolute atomic E-state index is 0.284. The highest BCUT2D eigenvalue weighted by Crippen LogP contribution is 2.28. The second-order valence-corrected chi connectivity index (χ2v) is 9.21. The van der Waals surface area contributed by atoms with Gasteiger partial charge in [-0.25, -0.2) is 8.42 Å². The molecule has 0 saturated carbocycles. The molecule has 2 fully saturated rings. The highest BCUT2D eigenvalue weighted by Gasteiger charge is 2.27. The van der Waals surface area contributed by atoms with Crippen LogP contribution in [0.5, 0.6) is 11.5 Å². The van der Waals surface area contributed by atoms with E-state index in [1.807, 2.05) is 6.07 Å². The number of ether oxygens (including phenoxy) is 1. The van der Waals surface area contributed by atoms with Gasteiger partial charge in [0.15, 0.2) is 0 Å². The van der Waals surface area contributed by atoms with Gasteiger partial charge in [-0.1, -0.05) is 6.58 Å². The number of aromatic nitrogens is 1. The average molecular weight is 400 g/mol. The Morgan fingerprint density at radius 2 is 1.86 bits per heavy atom. The van der Waals surface area contributed by atoms with E-state index in [1.54, 1.807) is 41.0 Å². The van der Waals surface area contributed by atoms with Gasteiger partial charge in [0.25, 0.3) is 0 Å². The fraction of sp³-hybridized carbons (Fsp3) is 0.381. The quantitative estimate of drug-likeness (QED) is 0.806. The van der Waals surface area contributed by atoms with Crippen LogP contribution in [0.15, 0.2) is 54.2 Å². The van der Waals surface area contributed by atoms with Gasteiger partial charge in [0.05, 0.1) is 11.1 Å². The first-order valence-electron chi connectivity index (χ1n) is 9.70. The van der Waals surface area contributed by atoms with Gasteiger partial charge in [0.1, 0.15) is 11.5 Å². The number of hydrogen-bond acceptors (Lipinski definition) is 5. The minimum Gasteiger partial charge on any atom is -0.456 e. The van der Waals surface area contributed by atoms with Crippen molar-refractivity contribution >= 4 is 15.6 Å². The van der Waals surface area contributed by atoms with Crippen molar-refractivity contribution in [2.24, 2.45) is 0 Å². The van der Waals surface area contributed by atoms with Crippen LogP contribution in [0, 0.1) is 0 Å². The minimum atomic E-state index is -3.41. The summed E-state index contributed by atoms with van der Waals surface area (Å²) in [6, 6.07) is 8.77. The molecule has 0 amide bonds. The lowest BCUT2D eigenvalue weighted by Gasteiger charge is -2.16. The molecule has 6 nitrogen and oxygen atoms in total. The molecule has 2 saturated heterocycles. The maximum atomic E-state index is 12.6. The molecule has 1 aromatic heterocycles. The third-order valence-corrected chi connectivity index (χ3v) is 7.24. The molecule has 2 aliphatic heterocycles. The third-order valence-electron chi connectivity index (χ3n) is 5.33. The zero-order valence-corrected chi connectivity index (χ0v) is 16.6. The molecule has 1 aromatic carbocycles. The monoisotopic (exact) mass is 399 g/mol. The molecule has 1 unspecified atom stereocenters.